The first kappa shape index (κ1) is 9.68. The minimum atomic E-state index is -0.612. The van der Waals surface area contributed by atoms with Gasteiger partial charge in [0.05, 0.1) is 24.0 Å². The van der Waals surface area contributed by atoms with Gasteiger partial charge in [0.1, 0.15) is 0 Å². The van der Waals surface area contributed by atoms with Crippen LogP contribution in [0.15, 0.2) is 6.20 Å². The van der Waals surface area contributed by atoms with Gasteiger partial charge in [-0.05, 0) is 24.3 Å². The molecule has 78 valence electrons. The molecule has 4 heteroatoms. The molecule has 2 rings (SSSR count). The molecule has 4 nitrogen and oxygen atoms in total. The summed E-state index contributed by atoms with van der Waals surface area (Å²) in [7, 11) is 1.88. The summed E-state index contributed by atoms with van der Waals surface area (Å²) in [6.45, 7) is 2.08. The van der Waals surface area contributed by atoms with Gasteiger partial charge in [-0.3, -0.25) is 4.68 Å². The summed E-state index contributed by atoms with van der Waals surface area (Å²) in [4.78, 5) is 0. The molecule has 0 spiro atoms. The third-order valence-electron chi connectivity index (χ3n) is 3.44. The van der Waals surface area contributed by atoms with Crippen LogP contribution in [0.5, 0.6) is 0 Å². The highest BCUT2D eigenvalue weighted by atomic mass is 16.3. The average molecular weight is 195 g/mol. The van der Waals surface area contributed by atoms with E-state index < -0.39 is 5.54 Å². The third kappa shape index (κ3) is 1.11. The van der Waals surface area contributed by atoms with Crippen molar-refractivity contribution in [2.45, 2.75) is 25.3 Å². The van der Waals surface area contributed by atoms with E-state index in [1.54, 1.807) is 4.68 Å². The van der Waals surface area contributed by atoms with Crippen LogP contribution in [0.3, 0.4) is 0 Å². The molecular formula is C10H17N3O. The van der Waals surface area contributed by atoms with Gasteiger partial charge in [0.25, 0.3) is 0 Å². The minimum absolute atomic E-state index is 0.0132. The zero-order valence-corrected chi connectivity index (χ0v) is 8.70. The highest BCUT2D eigenvalue weighted by Crippen LogP contribution is 2.36. The molecule has 2 atom stereocenters. The quantitative estimate of drug-likeness (QED) is 0.670. The number of fused-ring (bicyclic) bond motifs is 1. The van der Waals surface area contributed by atoms with E-state index in [4.69, 9.17) is 5.73 Å². The molecule has 1 heterocycles. The number of hydrogen-bond acceptors (Lipinski definition) is 3. The second-order valence-corrected chi connectivity index (χ2v) is 4.28. The van der Waals surface area contributed by atoms with Crippen molar-refractivity contribution in [3.05, 3.63) is 17.5 Å². The fraction of sp³-hybridized carbons (Fsp3) is 0.700. The third-order valence-corrected chi connectivity index (χ3v) is 3.44. The lowest BCUT2D eigenvalue weighted by Crippen LogP contribution is -2.50. The van der Waals surface area contributed by atoms with Crippen LogP contribution in [-0.4, -0.2) is 21.5 Å². The van der Waals surface area contributed by atoms with Gasteiger partial charge in [-0.2, -0.15) is 5.10 Å². The lowest BCUT2D eigenvalue weighted by atomic mass is 9.74. The second-order valence-electron chi connectivity index (χ2n) is 4.28. The number of aliphatic hydroxyl groups is 1. The van der Waals surface area contributed by atoms with Gasteiger partial charge in [0, 0.05) is 7.05 Å². The first-order valence-corrected chi connectivity index (χ1v) is 5.00. The monoisotopic (exact) mass is 195 g/mol. The van der Waals surface area contributed by atoms with Crippen LogP contribution >= 0.6 is 0 Å². The first-order chi connectivity index (χ1) is 6.59. The van der Waals surface area contributed by atoms with Crippen molar-refractivity contribution in [3.8, 4) is 0 Å². The van der Waals surface area contributed by atoms with Gasteiger partial charge in [-0.1, -0.05) is 6.92 Å². The maximum atomic E-state index is 9.44. The Morgan fingerprint density at radius 2 is 2.50 bits per heavy atom. The zero-order chi connectivity index (χ0) is 10.3. The Kier molecular flexibility index (Phi) is 2.12. The van der Waals surface area contributed by atoms with Crippen molar-refractivity contribution < 1.29 is 5.11 Å². The molecule has 14 heavy (non-hydrogen) atoms. The van der Waals surface area contributed by atoms with Crippen LogP contribution in [0.1, 0.15) is 24.6 Å². The van der Waals surface area contributed by atoms with Crippen molar-refractivity contribution in [2.75, 3.05) is 6.61 Å². The molecule has 0 radical (unpaired) electrons. The van der Waals surface area contributed by atoms with E-state index in [1.807, 2.05) is 13.2 Å². The molecule has 3 N–H and O–H groups in total. The predicted octanol–water partition coefficient (Wildman–Crippen LogP) is 0.149. The van der Waals surface area contributed by atoms with E-state index in [0.29, 0.717) is 5.92 Å². The Morgan fingerprint density at radius 3 is 3.14 bits per heavy atom. The van der Waals surface area contributed by atoms with Gasteiger partial charge >= 0.3 is 0 Å². The summed E-state index contributed by atoms with van der Waals surface area (Å²) < 4.78 is 1.79. The number of rotatable bonds is 1. The molecule has 0 bridgehead atoms. The SMILES string of the molecule is CC1CCc2cnn(C)c2C1(N)CO. The Bertz CT molecular complexity index is 347. The Hall–Kier alpha value is -0.870. The van der Waals surface area contributed by atoms with E-state index in [1.165, 1.54) is 5.56 Å². The number of nitrogens with zero attached hydrogens (tertiary/aromatic N) is 2. The molecule has 0 saturated carbocycles. The van der Waals surface area contributed by atoms with Crippen LogP contribution in [0.25, 0.3) is 0 Å². The lowest BCUT2D eigenvalue weighted by molar-refractivity contribution is 0.125. The summed E-state index contributed by atoms with van der Waals surface area (Å²) in [6, 6.07) is 0. The molecule has 1 aromatic rings. The number of aliphatic hydroxyl groups excluding tert-OH is 1. The molecule has 0 aliphatic heterocycles. The summed E-state index contributed by atoms with van der Waals surface area (Å²) in [5.41, 5.74) is 7.82. The molecule has 1 aliphatic carbocycles. The van der Waals surface area contributed by atoms with E-state index in [0.717, 1.165) is 18.5 Å². The van der Waals surface area contributed by atoms with E-state index in [-0.39, 0.29) is 6.61 Å². The van der Waals surface area contributed by atoms with Crippen molar-refractivity contribution in [3.63, 3.8) is 0 Å². The molecule has 0 saturated heterocycles. The van der Waals surface area contributed by atoms with Crippen molar-refractivity contribution >= 4 is 0 Å². The summed E-state index contributed by atoms with van der Waals surface area (Å²) in [5, 5.41) is 13.6. The van der Waals surface area contributed by atoms with Crippen molar-refractivity contribution in [1.82, 2.24) is 9.78 Å². The number of aryl methyl sites for hydroxylation is 2. The topological polar surface area (TPSA) is 64.1 Å². The largest absolute Gasteiger partial charge is 0.394 e. The molecule has 1 aliphatic rings. The zero-order valence-electron chi connectivity index (χ0n) is 8.70. The van der Waals surface area contributed by atoms with Crippen LogP contribution in [0.4, 0.5) is 0 Å². The van der Waals surface area contributed by atoms with Gasteiger partial charge < -0.3 is 10.8 Å². The average Bonchev–Trinajstić information content (AvgIpc) is 2.55. The first-order valence-electron chi connectivity index (χ1n) is 5.00. The number of hydrogen-bond donors (Lipinski definition) is 2. The fourth-order valence-electron chi connectivity index (χ4n) is 2.36. The summed E-state index contributed by atoms with van der Waals surface area (Å²) in [6.07, 6.45) is 3.90. The molecule has 1 aromatic heterocycles. The standard InChI is InChI=1S/C10H17N3O/c1-7-3-4-8-5-12-13(2)9(8)10(7,11)6-14/h5,7,14H,3-4,6,11H2,1-2H3. The van der Waals surface area contributed by atoms with Gasteiger partial charge in [-0.15, -0.1) is 0 Å². The van der Waals surface area contributed by atoms with Crippen LogP contribution in [-0.2, 0) is 19.0 Å². The molecular weight excluding hydrogens is 178 g/mol. The lowest BCUT2D eigenvalue weighted by Gasteiger charge is -2.38. The fourth-order valence-corrected chi connectivity index (χ4v) is 2.36. The Labute approximate surface area is 83.7 Å². The predicted molar refractivity (Wildman–Crippen MR) is 53.6 cm³/mol. The highest BCUT2D eigenvalue weighted by molar-refractivity contribution is 5.30. The highest BCUT2D eigenvalue weighted by Gasteiger charge is 2.40. The van der Waals surface area contributed by atoms with E-state index in [9.17, 15) is 5.11 Å². The van der Waals surface area contributed by atoms with E-state index in [2.05, 4.69) is 12.0 Å². The van der Waals surface area contributed by atoms with Gasteiger partial charge in [0.2, 0.25) is 0 Å². The van der Waals surface area contributed by atoms with E-state index >= 15 is 0 Å². The number of aromatic nitrogens is 2. The summed E-state index contributed by atoms with van der Waals surface area (Å²) >= 11 is 0. The van der Waals surface area contributed by atoms with Crippen LogP contribution in [0, 0.1) is 5.92 Å². The van der Waals surface area contributed by atoms with Crippen molar-refractivity contribution in [2.24, 2.45) is 18.7 Å². The molecule has 0 aromatic carbocycles. The molecule has 0 fully saturated rings. The second kappa shape index (κ2) is 3.07. The van der Waals surface area contributed by atoms with Gasteiger partial charge in [0.15, 0.2) is 0 Å². The maximum Gasteiger partial charge on any atom is 0.0842 e. The van der Waals surface area contributed by atoms with Crippen molar-refractivity contribution in [1.29, 1.82) is 0 Å². The maximum absolute atomic E-state index is 9.44. The Balaban J connectivity index is 2.55. The minimum Gasteiger partial charge on any atom is -0.394 e. The smallest absolute Gasteiger partial charge is 0.0842 e. The normalized spacial score (nSPS) is 31.6. The number of nitrogens with two attached hydrogens (primary N) is 1. The summed E-state index contributed by atoms with van der Waals surface area (Å²) in [5.74, 6) is 0.301. The van der Waals surface area contributed by atoms with Gasteiger partial charge in [-0.25, -0.2) is 0 Å². The molecule has 0 amide bonds. The van der Waals surface area contributed by atoms with Crippen LogP contribution in [0.2, 0.25) is 0 Å². The Morgan fingerprint density at radius 1 is 1.79 bits per heavy atom. The molecule has 2 unspecified atom stereocenters. The van der Waals surface area contributed by atoms with Crippen LogP contribution < -0.4 is 5.73 Å².